The topological polar surface area (TPSA) is 261 Å². The fraction of sp³-hybridized carbons (Fsp3) is 0.261. The molecule has 214 valence electrons. The number of nitrogens with one attached hydrogen (secondary N) is 3. The molecule has 1 aliphatic heterocycles. The molecule has 1 saturated heterocycles. The van der Waals surface area contributed by atoms with Crippen LogP contribution in [0.15, 0.2) is 39.9 Å². The van der Waals surface area contributed by atoms with Crippen LogP contribution in [-0.4, -0.2) is 83.9 Å². The van der Waals surface area contributed by atoms with Crippen LogP contribution < -0.4 is 21.8 Å². The second-order valence-electron chi connectivity index (χ2n) is 8.94. The van der Waals surface area contributed by atoms with Gasteiger partial charge in [-0.25, -0.2) is 24.5 Å². The number of esters is 1. The second-order valence-corrected chi connectivity index (χ2v) is 9.83. The number of rotatable bonds is 10. The van der Waals surface area contributed by atoms with Gasteiger partial charge in [-0.05, 0) is 19.9 Å². The lowest BCUT2D eigenvalue weighted by molar-refractivity contribution is -0.161. The van der Waals surface area contributed by atoms with E-state index in [0.717, 1.165) is 23.6 Å². The van der Waals surface area contributed by atoms with E-state index in [-0.39, 0.29) is 34.6 Å². The van der Waals surface area contributed by atoms with Gasteiger partial charge in [0.15, 0.2) is 28.1 Å². The van der Waals surface area contributed by atoms with Crippen molar-refractivity contribution >= 4 is 45.9 Å². The Bertz CT molecular complexity index is 1620. The van der Waals surface area contributed by atoms with Crippen LogP contribution in [0.25, 0.3) is 11.5 Å². The highest BCUT2D eigenvalue weighted by Gasteiger charge is 2.42. The largest absolute Gasteiger partial charge is 0.503 e. The van der Waals surface area contributed by atoms with Gasteiger partial charge in [-0.3, -0.25) is 14.4 Å². The van der Waals surface area contributed by atoms with E-state index in [1.54, 1.807) is 0 Å². The summed E-state index contributed by atoms with van der Waals surface area (Å²) < 4.78 is 5.24. The minimum Gasteiger partial charge on any atom is -0.503 e. The third-order valence-corrected chi connectivity index (χ3v) is 6.22. The van der Waals surface area contributed by atoms with Crippen molar-refractivity contribution in [1.29, 1.82) is 0 Å². The van der Waals surface area contributed by atoms with E-state index >= 15 is 0 Å². The van der Waals surface area contributed by atoms with Gasteiger partial charge >= 0.3 is 11.9 Å². The van der Waals surface area contributed by atoms with E-state index in [1.165, 1.54) is 31.5 Å². The number of nitrogens with two attached hydrogens (primary N) is 1. The zero-order chi connectivity index (χ0) is 29.9. The first kappa shape index (κ1) is 28.6. The van der Waals surface area contributed by atoms with Crippen molar-refractivity contribution in [3.63, 3.8) is 0 Å². The number of thiazole rings is 1. The molecule has 0 saturated carbocycles. The Balaban J connectivity index is 1.42. The standard InChI is InChI=1S/C23H22N8O9S/c1-23(2,21(37)38)40-31-16(12-8-41-22(24)29-12)19(35)30-15-11(28-18(15)34)7-39-20(36)9-3-4-25-17(27-9)10-5-13(32)14(33)6-26-10/h3-6,8,11,15,33H,7H2,1-2H3,(H2,24,29)(H,26,32)(H,28,34)(H,30,35)(H,37,38). The minimum atomic E-state index is -1.78. The van der Waals surface area contributed by atoms with Gasteiger partial charge in [0.05, 0.1) is 11.7 Å². The first-order chi connectivity index (χ1) is 19.4. The highest BCUT2D eigenvalue weighted by Crippen LogP contribution is 2.17. The van der Waals surface area contributed by atoms with Crippen molar-refractivity contribution in [2.24, 2.45) is 5.16 Å². The maximum atomic E-state index is 13.0. The van der Waals surface area contributed by atoms with Gasteiger partial charge in [-0.2, -0.15) is 0 Å². The number of aromatic hydroxyl groups is 1. The Labute approximate surface area is 233 Å². The summed E-state index contributed by atoms with van der Waals surface area (Å²) in [6.07, 6.45) is 2.32. The van der Waals surface area contributed by atoms with Crippen molar-refractivity contribution in [3.05, 3.63) is 51.5 Å². The number of carbonyl (C=O) groups excluding carboxylic acids is 3. The first-order valence-electron chi connectivity index (χ1n) is 11.6. The van der Waals surface area contributed by atoms with Gasteiger partial charge in [0.25, 0.3) is 5.91 Å². The summed E-state index contributed by atoms with van der Waals surface area (Å²) >= 11 is 0.998. The smallest absolute Gasteiger partial charge is 0.357 e. The molecule has 2 unspecified atom stereocenters. The van der Waals surface area contributed by atoms with Gasteiger partial charge in [0.2, 0.25) is 16.9 Å². The highest BCUT2D eigenvalue weighted by atomic mass is 32.1. The van der Waals surface area contributed by atoms with Crippen LogP contribution in [-0.2, 0) is 24.0 Å². The molecule has 1 fully saturated rings. The molecule has 41 heavy (non-hydrogen) atoms. The molecule has 2 atom stereocenters. The number of pyridine rings is 1. The van der Waals surface area contributed by atoms with Crippen molar-refractivity contribution in [2.75, 3.05) is 12.3 Å². The lowest BCUT2D eigenvalue weighted by Gasteiger charge is -2.36. The molecule has 0 radical (unpaired) electrons. The van der Waals surface area contributed by atoms with E-state index in [4.69, 9.17) is 15.3 Å². The summed E-state index contributed by atoms with van der Waals surface area (Å²) in [5.74, 6) is -4.24. The molecule has 2 amide bonds. The summed E-state index contributed by atoms with van der Waals surface area (Å²) in [6.45, 7) is 2.08. The predicted octanol–water partition coefficient (Wildman–Crippen LogP) is -1.000. The number of ether oxygens (including phenoxy) is 1. The highest BCUT2D eigenvalue weighted by molar-refractivity contribution is 7.13. The summed E-state index contributed by atoms with van der Waals surface area (Å²) in [6, 6.07) is 0.349. The van der Waals surface area contributed by atoms with E-state index < -0.39 is 58.3 Å². The van der Waals surface area contributed by atoms with Crippen molar-refractivity contribution in [2.45, 2.75) is 31.5 Å². The number of anilines is 1. The molecule has 0 bridgehead atoms. The molecular weight excluding hydrogens is 564 g/mol. The quantitative estimate of drug-likeness (QED) is 0.0721. The zero-order valence-corrected chi connectivity index (χ0v) is 22.1. The molecule has 0 aliphatic carbocycles. The Kier molecular flexibility index (Phi) is 7.94. The zero-order valence-electron chi connectivity index (χ0n) is 21.3. The fourth-order valence-electron chi connectivity index (χ4n) is 3.19. The van der Waals surface area contributed by atoms with E-state index in [2.05, 4.69) is 35.7 Å². The van der Waals surface area contributed by atoms with E-state index in [1.807, 2.05) is 0 Å². The minimum absolute atomic E-state index is 0.0107. The number of nitrogens with zero attached hydrogens (tertiary/aromatic N) is 4. The maximum absolute atomic E-state index is 13.0. The molecule has 4 rings (SSSR count). The van der Waals surface area contributed by atoms with Gasteiger partial charge < -0.3 is 41.1 Å². The van der Waals surface area contributed by atoms with Gasteiger partial charge in [0.1, 0.15) is 18.3 Å². The molecule has 1 aliphatic rings. The van der Waals surface area contributed by atoms with Gasteiger partial charge in [-0.1, -0.05) is 5.16 Å². The van der Waals surface area contributed by atoms with E-state index in [9.17, 15) is 34.2 Å². The third-order valence-electron chi connectivity index (χ3n) is 5.55. The number of hydrogen-bond acceptors (Lipinski definition) is 14. The third kappa shape index (κ3) is 6.44. The summed E-state index contributed by atoms with van der Waals surface area (Å²) in [5.41, 5.74) is 2.73. The van der Waals surface area contributed by atoms with E-state index in [0.29, 0.717) is 0 Å². The van der Waals surface area contributed by atoms with Crippen molar-refractivity contribution in [3.8, 4) is 17.3 Å². The summed E-state index contributed by atoms with van der Waals surface area (Å²) in [4.78, 5) is 80.5. The molecule has 7 N–H and O–H groups in total. The predicted molar refractivity (Wildman–Crippen MR) is 140 cm³/mol. The number of aromatic amines is 1. The second kappa shape index (κ2) is 11.4. The average molecular weight is 587 g/mol. The fourth-order valence-corrected chi connectivity index (χ4v) is 3.74. The molecule has 0 spiro atoms. The Morgan fingerprint density at radius 3 is 2.63 bits per heavy atom. The Morgan fingerprint density at radius 2 is 2.00 bits per heavy atom. The van der Waals surface area contributed by atoms with Crippen LogP contribution in [0.2, 0.25) is 0 Å². The van der Waals surface area contributed by atoms with Crippen molar-refractivity contribution < 1.29 is 39.0 Å². The first-order valence-corrected chi connectivity index (χ1v) is 12.5. The molecular formula is C23H22N8O9S. The SMILES string of the molecule is CC(C)(ON=C(C(=O)NC1C(=O)NC1COC(=O)c1ccnc(-c2cc(=O)c(O)c[nH]2)n1)c1csc(N)n1)C(=O)O. The Hall–Kier alpha value is -5.39. The summed E-state index contributed by atoms with van der Waals surface area (Å²) in [5, 5.41) is 28.7. The maximum Gasteiger partial charge on any atom is 0.357 e. The number of H-pyrrole nitrogens is 1. The van der Waals surface area contributed by atoms with Crippen molar-refractivity contribution in [1.82, 2.24) is 30.6 Å². The number of carboxylic acid groups (broad SMARTS) is 1. The monoisotopic (exact) mass is 586 g/mol. The van der Waals surface area contributed by atoms with Crippen LogP contribution in [0.4, 0.5) is 5.13 Å². The molecule has 3 aromatic heterocycles. The summed E-state index contributed by atoms with van der Waals surface area (Å²) in [7, 11) is 0. The number of aliphatic carboxylic acids is 1. The molecule has 18 heteroatoms. The number of carboxylic acids is 1. The molecule has 3 aromatic rings. The van der Waals surface area contributed by atoms with Crippen LogP contribution in [0.3, 0.4) is 0 Å². The lowest BCUT2D eigenvalue weighted by Crippen LogP contribution is -2.71. The van der Waals surface area contributed by atoms with Gasteiger partial charge in [0, 0.05) is 23.8 Å². The molecule has 4 heterocycles. The molecule has 17 nitrogen and oxygen atoms in total. The lowest BCUT2D eigenvalue weighted by atomic mass is 9.99. The number of oxime groups is 1. The number of amides is 2. The number of hydrogen-bond donors (Lipinski definition) is 6. The van der Waals surface area contributed by atoms with Crippen LogP contribution in [0.1, 0.15) is 30.0 Å². The number of β-lactam (4-membered cyclic amide) rings is 1. The van der Waals surface area contributed by atoms with Gasteiger partial charge in [-0.15, -0.1) is 11.3 Å². The number of nitrogen functional groups attached to an aromatic ring is 1. The average Bonchev–Trinajstić information content (AvgIpc) is 3.36. The number of aromatic nitrogens is 4. The van der Waals surface area contributed by atoms with Crippen LogP contribution in [0, 0.1) is 0 Å². The Morgan fingerprint density at radius 1 is 1.24 bits per heavy atom. The van der Waals surface area contributed by atoms with Crippen LogP contribution in [0.5, 0.6) is 5.75 Å². The molecule has 0 aromatic carbocycles. The normalized spacial score (nSPS) is 16.7. The number of carbonyl (C=O) groups is 4. The van der Waals surface area contributed by atoms with Crippen LogP contribution >= 0.6 is 11.3 Å².